The van der Waals surface area contributed by atoms with Gasteiger partial charge in [-0.1, -0.05) is 6.07 Å². The van der Waals surface area contributed by atoms with E-state index in [2.05, 4.69) is 4.98 Å². The highest BCUT2D eigenvalue weighted by atomic mass is 19.2. The van der Waals surface area contributed by atoms with E-state index in [-0.39, 0.29) is 5.56 Å². The molecule has 1 aliphatic heterocycles. The molecule has 1 aromatic carbocycles. The standard InChI is InChI=1S/C15H12F2N2O/c1-9-4-6-18-8-12(9)19-7-5-10-2-3-11(16)14(17)13(10)15(19)20/h2-4,6,8H,5,7H2,1H3. The van der Waals surface area contributed by atoms with Gasteiger partial charge in [0, 0.05) is 12.7 Å². The van der Waals surface area contributed by atoms with Gasteiger partial charge in [-0.25, -0.2) is 8.78 Å². The van der Waals surface area contributed by atoms with Gasteiger partial charge < -0.3 is 4.90 Å². The average Bonchev–Trinajstić information content (AvgIpc) is 2.44. The van der Waals surface area contributed by atoms with Crippen LogP contribution in [-0.2, 0) is 6.42 Å². The van der Waals surface area contributed by atoms with E-state index in [1.54, 1.807) is 18.5 Å². The number of anilines is 1. The Hall–Kier alpha value is -2.30. The number of hydrogen-bond donors (Lipinski definition) is 0. The summed E-state index contributed by atoms with van der Waals surface area (Å²) in [7, 11) is 0. The lowest BCUT2D eigenvalue weighted by molar-refractivity contribution is 0.0975. The molecule has 0 spiro atoms. The van der Waals surface area contributed by atoms with Crippen molar-refractivity contribution >= 4 is 11.6 Å². The summed E-state index contributed by atoms with van der Waals surface area (Å²) in [5.41, 5.74) is 1.88. The van der Waals surface area contributed by atoms with Crippen molar-refractivity contribution in [2.45, 2.75) is 13.3 Å². The second-order valence-electron chi connectivity index (χ2n) is 4.76. The molecular formula is C15H12F2N2O. The van der Waals surface area contributed by atoms with Crippen LogP contribution in [-0.4, -0.2) is 17.4 Å². The quantitative estimate of drug-likeness (QED) is 0.801. The Labute approximate surface area is 114 Å². The van der Waals surface area contributed by atoms with Crippen LogP contribution in [0.3, 0.4) is 0 Å². The monoisotopic (exact) mass is 274 g/mol. The summed E-state index contributed by atoms with van der Waals surface area (Å²) in [6.07, 6.45) is 3.68. The Bertz CT molecular complexity index is 700. The van der Waals surface area contributed by atoms with E-state index in [9.17, 15) is 13.6 Å². The number of pyridine rings is 1. The lowest BCUT2D eigenvalue weighted by Crippen LogP contribution is -2.39. The average molecular weight is 274 g/mol. The van der Waals surface area contributed by atoms with Gasteiger partial charge in [0.1, 0.15) is 0 Å². The van der Waals surface area contributed by atoms with E-state index < -0.39 is 17.5 Å². The molecule has 0 bridgehead atoms. The molecule has 20 heavy (non-hydrogen) atoms. The number of aryl methyl sites for hydroxylation is 1. The minimum absolute atomic E-state index is 0.167. The molecule has 0 atom stereocenters. The summed E-state index contributed by atoms with van der Waals surface area (Å²) in [4.78, 5) is 17.9. The van der Waals surface area contributed by atoms with E-state index in [4.69, 9.17) is 0 Å². The maximum atomic E-state index is 13.9. The molecule has 0 saturated carbocycles. The molecule has 2 aromatic rings. The molecule has 0 saturated heterocycles. The first kappa shape index (κ1) is 12.7. The zero-order valence-corrected chi connectivity index (χ0v) is 10.9. The largest absolute Gasteiger partial charge is 0.306 e. The van der Waals surface area contributed by atoms with Crippen molar-refractivity contribution in [3.8, 4) is 0 Å². The van der Waals surface area contributed by atoms with E-state index >= 15 is 0 Å². The van der Waals surface area contributed by atoms with Gasteiger partial charge in [-0.3, -0.25) is 9.78 Å². The summed E-state index contributed by atoms with van der Waals surface area (Å²) in [6.45, 7) is 2.28. The molecule has 0 fully saturated rings. The summed E-state index contributed by atoms with van der Waals surface area (Å²) < 4.78 is 27.2. The number of benzene rings is 1. The third kappa shape index (κ3) is 1.86. The molecule has 102 valence electrons. The van der Waals surface area contributed by atoms with Crippen LogP contribution in [0.5, 0.6) is 0 Å². The van der Waals surface area contributed by atoms with Crippen LogP contribution in [0.4, 0.5) is 14.5 Å². The van der Waals surface area contributed by atoms with Crippen LogP contribution < -0.4 is 4.90 Å². The molecule has 1 aliphatic rings. The van der Waals surface area contributed by atoms with Crippen molar-refractivity contribution in [1.29, 1.82) is 0 Å². The molecule has 0 unspecified atom stereocenters. The van der Waals surface area contributed by atoms with E-state index in [1.165, 1.54) is 11.0 Å². The van der Waals surface area contributed by atoms with Crippen molar-refractivity contribution in [3.63, 3.8) is 0 Å². The third-order valence-electron chi connectivity index (χ3n) is 3.55. The molecule has 3 nitrogen and oxygen atoms in total. The van der Waals surface area contributed by atoms with Gasteiger partial charge >= 0.3 is 0 Å². The van der Waals surface area contributed by atoms with E-state index in [0.29, 0.717) is 24.2 Å². The highest BCUT2D eigenvalue weighted by molar-refractivity contribution is 6.08. The molecule has 5 heteroatoms. The number of aromatic nitrogens is 1. The van der Waals surface area contributed by atoms with Crippen LogP contribution >= 0.6 is 0 Å². The topological polar surface area (TPSA) is 33.2 Å². The molecule has 1 aromatic heterocycles. The molecule has 0 radical (unpaired) electrons. The smallest absolute Gasteiger partial charge is 0.261 e. The number of amides is 1. The van der Waals surface area contributed by atoms with E-state index in [1.807, 2.05) is 6.92 Å². The van der Waals surface area contributed by atoms with Crippen LogP contribution in [0.15, 0.2) is 30.6 Å². The Morgan fingerprint density at radius 1 is 1.25 bits per heavy atom. The fourth-order valence-corrected chi connectivity index (χ4v) is 2.47. The normalized spacial score (nSPS) is 14.3. The molecule has 3 rings (SSSR count). The van der Waals surface area contributed by atoms with Gasteiger partial charge in [0.05, 0.1) is 17.4 Å². The second-order valence-corrected chi connectivity index (χ2v) is 4.76. The Morgan fingerprint density at radius 3 is 2.80 bits per heavy atom. The van der Waals surface area contributed by atoms with Gasteiger partial charge in [-0.05, 0) is 36.6 Å². The molecule has 0 N–H and O–H groups in total. The zero-order valence-electron chi connectivity index (χ0n) is 10.9. The Balaban J connectivity index is 2.10. The summed E-state index contributed by atoms with van der Waals surface area (Å²) in [6, 6.07) is 4.31. The van der Waals surface area contributed by atoms with Crippen LogP contribution in [0.2, 0.25) is 0 Å². The fraction of sp³-hybridized carbons (Fsp3) is 0.200. The van der Waals surface area contributed by atoms with E-state index in [0.717, 1.165) is 11.6 Å². The highest BCUT2D eigenvalue weighted by Crippen LogP contribution is 2.28. The number of hydrogen-bond acceptors (Lipinski definition) is 2. The summed E-state index contributed by atoms with van der Waals surface area (Å²) >= 11 is 0. The van der Waals surface area contributed by atoms with Gasteiger partial charge in [0.25, 0.3) is 5.91 Å². The predicted molar refractivity (Wildman–Crippen MR) is 70.7 cm³/mol. The van der Waals surface area contributed by atoms with Crippen LogP contribution in [0, 0.1) is 18.6 Å². The van der Waals surface area contributed by atoms with Gasteiger partial charge in [-0.2, -0.15) is 0 Å². The number of fused-ring (bicyclic) bond motifs is 1. The third-order valence-corrected chi connectivity index (χ3v) is 3.55. The van der Waals surface area contributed by atoms with Gasteiger partial charge in [0.2, 0.25) is 0 Å². The first-order valence-corrected chi connectivity index (χ1v) is 6.29. The van der Waals surface area contributed by atoms with Gasteiger partial charge in [0.15, 0.2) is 11.6 Å². The summed E-state index contributed by atoms with van der Waals surface area (Å²) in [5, 5.41) is 0. The fourth-order valence-electron chi connectivity index (χ4n) is 2.47. The minimum Gasteiger partial charge on any atom is -0.306 e. The number of carbonyl (C=O) groups is 1. The highest BCUT2D eigenvalue weighted by Gasteiger charge is 2.30. The number of halogens is 2. The number of rotatable bonds is 1. The SMILES string of the molecule is Cc1ccncc1N1CCc2ccc(F)c(F)c2C1=O. The maximum absolute atomic E-state index is 13.9. The van der Waals surface area contributed by atoms with Crippen molar-refractivity contribution < 1.29 is 13.6 Å². The van der Waals surface area contributed by atoms with Crippen molar-refractivity contribution in [3.05, 3.63) is 58.9 Å². The Kier molecular flexibility index (Phi) is 2.97. The van der Waals surface area contributed by atoms with Crippen molar-refractivity contribution in [2.75, 3.05) is 11.4 Å². The second kappa shape index (κ2) is 4.67. The number of carbonyl (C=O) groups excluding carboxylic acids is 1. The first-order chi connectivity index (χ1) is 9.59. The van der Waals surface area contributed by atoms with Crippen LogP contribution in [0.1, 0.15) is 21.5 Å². The van der Waals surface area contributed by atoms with Gasteiger partial charge in [-0.15, -0.1) is 0 Å². The maximum Gasteiger partial charge on any atom is 0.261 e. The zero-order chi connectivity index (χ0) is 14.3. The van der Waals surface area contributed by atoms with Crippen molar-refractivity contribution in [1.82, 2.24) is 4.98 Å². The summed E-state index contributed by atoms with van der Waals surface area (Å²) in [5.74, 6) is -2.58. The predicted octanol–water partition coefficient (Wildman–Crippen LogP) is 2.87. The Morgan fingerprint density at radius 2 is 2.05 bits per heavy atom. The van der Waals surface area contributed by atoms with Crippen molar-refractivity contribution in [2.24, 2.45) is 0 Å². The molecule has 0 aliphatic carbocycles. The minimum atomic E-state index is -1.07. The molecular weight excluding hydrogens is 262 g/mol. The lowest BCUT2D eigenvalue weighted by Gasteiger charge is -2.29. The number of nitrogens with zero attached hydrogens (tertiary/aromatic N) is 2. The molecule has 2 heterocycles. The molecule has 1 amide bonds. The first-order valence-electron chi connectivity index (χ1n) is 6.29. The lowest BCUT2D eigenvalue weighted by atomic mass is 9.97. The van der Waals surface area contributed by atoms with Crippen LogP contribution in [0.25, 0.3) is 0 Å².